The van der Waals surface area contributed by atoms with Gasteiger partial charge in [-0.15, -0.1) is 0 Å². The molecule has 0 spiro atoms. The average Bonchev–Trinajstić information content (AvgIpc) is 2.07. The van der Waals surface area contributed by atoms with Crippen molar-refractivity contribution >= 4 is 23.2 Å². The van der Waals surface area contributed by atoms with Crippen LogP contribution in [-0.2, 0) is 6.54 Å². The topological polar surface area (TPSA) is 38.0 Å². The molecule has 0 fully saturated rings. The summed E-state index contributed by atoms with van der Waals surface area (Å²) in [5.41, 5.74) is 6.35. The minimum absolute atomic E-state index is 0.459. The Morgan fingerprint density at radius 3 is 2.58 bits per heavy atom. The van der Waals surface area contributed by atoms with Gasteiger partial charge in [0, 0.05) is 13.2 Å². The van der Waals surface area contributed by atoms with Gasteiger partial charge in [-0.2, -0.15) is 0 Å². The molecule has 1 rings (SSSR count). The van der Waals surface area contributed by atoms with E-state index in [1.54, 1.807) is 6.07 Å². The molecule has 1 aromatic rings. The number of halogens is 2. The number of hydrogen-bond acceptors (Lipinski definition) is 2. The van der Waals surface area contributed by atoms with E-state index in [0.717, 1.165) is 5.56 Å². The Hall–Kier alpha value is -0.280. The van der Waals surface area contributed by atoms with Crippen molar-refractivity contribution in [2.24, 2.45) is 5.73 Å². The normalized spacial score (nSPS) is 10.2. The van der Waals surface area contributed by atoms with E-state index in [0.29, 0.717) is 23.3 Å². The van der Waals surface area contributed by atoms with Gasteiger partial charge >= 0.3 is 0 Å². The SMILES string of the molecule is NCNCc1ccc(Cl)c(Cl)c1. The molecule has 0 saturated carbocycles. The molecule has 0 bridgehead atoms. The lowest BCUT2D eigenvalue weighted by atomic mass is 10.2. The highest BCUT2D eigenvalue weighted by Crippen LogP contribution is 2.22. The van der Waals surface area contributed by atoms with Crippen LogP contribution in [0.2, 0.25) is 10.0 Å². The monoisotopic (exact) mass is 204 g/mol. The lowest BCUT2D eigenvalue weighted by Gasteiger charge is -2.02. The molecule has 12 heavy (non-hydrogen) atoms. The standard InChI is InChI=1S/C8H10Cl2N2/c9-7-2-1-6(3-8(7)10)4-12-5-11/h1-3,12H,4-5,11H2. The molecule has 3 N–H and O–H groups in total. The summed E-state index contributed by atoms with van der Waals surface area (Å²) in [6.45, 7) is 1.17. The summed E-state index contributed by atoms with van der Waals surface area (Å²) in [5, 5.41) is 4.14. The predicted octanol–water partition coefficient (Wildman–Crippen LogP) is 2.00. The molecule has 0 unspecified atom stereocenters. The van der Waals surface area contributed by atoms with Crippen LogP contribution in [0.3, 0.4) is 0 Å². The lowest BCUT2D eigenvalue weighted by molar-refractivity contribution is 0.709. The summed E-state index contributed by atoms with van der Waals surface area (Å²) in [4.78, 5) is 0. The van der Waals surface area contributed by atoms with Gasteiger partial charge in [-0.05, 0) is 17.7 Å². The van der Waals surface area contributed by atoms with Crippen molar-refractivity contribution in [1.82, 2.24) is 5.32 Å². The highest BCUT2D eigenvalue weighted by atomic mass is 35.5. The highest BCUT2D eigenvalue weighted by molar-refractivity contribution is 6.41. The van der Waals surface area contributed by atoms with Crippen LogP contribution in [0.4, 0.5) is 0 Å². The van der Waals surface area contributed by atoms with Crippen LogP contribution in [0.25, 0.3) is 0 Å². The molecule has 4 heteroatoms. The molecular formula is C8H10Cl2N2. The number of nitrogens with two attached hydrogens (primary N) is 1. The van der Waals surface area contributed by atoms with Crippen molar-refractivity contribution in [2.75, 3.05) is 6.67 Å². The minimum atomic E-state index is 0.459. The third kappa shape index (κ3) is 2.64. The Morgan fingerprint density at radius 1 is 1.25 bits per heavy atom. The van der Waals surface area contributed by atoms with Crippen LogP contribution < -0.4 is 11.1 Å². The van der Waals surface area contributed by atoms with Gasteiger partial charge < -0.3 is 11.1 Å². The van der Waals surface area contributed by atoms with Gasteiger partial charge in [0.2, 0.25) is 0 Å². The minimum Gasteiger partial charge on any atom is -0.318 e. The Balaban J connectivity index is 2.69. The zero-order valence-electron chi connectivity index (χ0n) is 6.48. The molecule has 0 radical (unpaired) electrons. The van der Waals surface area contributed by atoms with Crippen molar-refractivity contribution in [1.29, 1.82) is 0 Å². The first-order valence-corrected chi connectivity index (χ1v) is 4.34. The van der Waals surface area contributed by atoms with Crippen molar-refractivity contribution < 1.29 is 0 Å². The van der Waals surface area contributed by atoms with Crippen molar-refractivity contribution in [3.63, 3.8) is 0 Å². The van der Waals surface area contributed by atoms with E-state index in [9.17, 15) is 0 Å². The fourth-order valence-corrected chi connectivity index (χ4v) is 1.19. The molecular weight excluding hydrogens is 195 g/mol. The zero-order valence-corrected chi connectivity index (χ0v) is 7.99. The fraction of sp³-hybridized carbons (Fsp3) is 0.250. The van der Waals surface area contributed by atoms with Crippen LogP contribution in [0.1, 0.15) is 5.56 Å². The summed E-state index contributed by atoms with van der Waals surface area (Å²) in [6.07, 6.45) is 0. The van der Waals surface area contributed by atoms with Gasteiger partial charge in [-0.25, -0.2) is 0 Å². The molecule has 0 amide bonds. The van der Waals surface area contributed by atoms with Crippen LogP contribution in [0.15, 0.2) is 18.2 Å². The first kappa shape index (κ1) is 9.81. The first-order valence-electron chi connectivity index (χ1n) is 3.58. The van der Waals surface area contributed by atoms with E-state index >= 15 is 0 Å². The summed E-state index contributed by atoms with van der Waals surface area (Å²) in [6, 6.07) is 5.51. The van der Waals surface area contributed by atoms with E-state index in [2.05, 4.69) is 5.32 Å². The predicted molar refractivity (Wildman–Crippen MR) is 52.4 cm³/mol. The van der Waals surface area contributed by atoms with E-state index in [-0.39, 0.29) is 0 Å². The smallest absolute Gasteiger partial charge is 0.0595 e. The summed E-state index contributed by atoms with van der Waals surface area (Å²) >= 11 is 11.5. The van der Waals surface area contributed by atoms with Crippen LogP contribution in [-0.4, -0.2) is 6.67 Å². The van der Waals surface area contributed by atoms with Gasteiger partial charge in [0.05, 0.1) is 10.0 Å². The number of hydrogen-bond donors (Lipinski definition) is 2. The van der Waals surface area contributed by atoms with Gasteiger partial charge in [-0.1, -0.05) is 29.3 Å². The molecule has 0 heterocycles. The van der Waals surface area contributed by atoms with Gasteiger partial charge in [0.25, 0.3) is 0 Å². The molecule has 66 valence electrons. The van der Waals surface area contributed by atoms with Crippen molar-refractivity contribution in [2.45, 2.75) is 6.54 Å². The largest absolute Gasteiger partial charge is 0.318 e. The fourth-order valence-electron chi connectivity index (χ4n) is 0.866. The van der Waals surface area contributed by atoms with Gasteiger partial charge in [0.15, 0.2) is 0 Å². The molecule has 0 aliphatic carbocycles. The molecule has 0 aromatic heterocycles. The third-order valence-corrected chi connectivity index (χ3v) is 2.20. The second kappa shape index (κ2) is 4.67. The van der Waals surface area contributed by atoms with Gasteiger partial charge in [-0.3, -0.25) is 0 Å². The van der Waals surface area contributed by atoms with E-state index < -0.39 is 0 Å². The maximum atomic E-state index is 5.80. The molecule has 0 aliphatic heterocycles. The number of rotatable bonds is 3. The highest BCUT2D eigenvalue weighted by Gasteiger charge is 1.97. The van der Waals surface area contributed by atoms with Crippen LogP contribution >= 0.6 is 23.2 Å². The first-order chi connectivity index (χ1) is 5.74. The summed E-state index contributed by atoms with van der Waals surface area (Å²) in [5.74, 6) is 0. The van der Waals surface area contributed by atoms with Crippen LogP contribution in [0.5, 0.6) is 0 Å². The third-order valence-electron chi connectivity index (χ3n) is 1.46. The molecule has 2 nitrogen and oxygen atoms in total. The zero-order chi connectivity index (χ0) is 8.97. The summed E-state index contributed by atoms with van der Waals surface area (Å²) < 4.78 is 0. The lowest BCUT2D eigenvalue weighted by Crippen LogP contribution is -2.21. The number of nitrogens with one attached hydrogen (secondary N) is 1. The maximum Gasteiger partial charge on any atom is 0.0595 e. The Bertz CT molecular complexity index is 263. The quantitative estimate of drug-likeness (QED) is 0.740. The Labute approximate surface area is 81.7 Å². The van der Waals surface area contributed by atoms with Crippen molar-refractivity contribution in [3.8, 4) is 0 Å². The van der Waals surface area contributed by atoms with E-state index in [1.165, 1.54) is 0 Å². The Kier molecular flexibility index (Phi) is 3.82. The van der Waals surface area contributed by atoms with Crippen molar-refractivity contribution in [3.05, 3.63) is 33.8 Å². The number of benzene rings is 1. The molecule has 1 aromatic carbocycles. The molecule has 0 atom stereocenters. The van der Waals surface area contributed by atoms with Crippen LogP contribution in [0, 0.1) is 0 Å². The average molecular weight is 205 g/mol. The maximum absolute atomic E-state index is 5.80. The van der Waals surface area contributed by atoms with E-state index in [4.69, 9.17) is 28.9 Å². The molecule has 0 saturated heterocycles. The molecule has 0 aliphatic rings. The van der Waals surface area contributed by atoms with E-state index in [1.807, 2.05) is 12.1 Å². The summed E-state index contributed by atoms with van der Waals surface area (Å²) in [7, 11) is 0. The Morgan fingerprint density at radius 2 is 2.00 bits per heavy atom. The second-order valence-corrected chi connectivity index (χ2v) is 3.19. The van der Waals surface area contributed by atoms with Gasteiger partial charge in [0.1, 0.15) is 0 Å². The second-order valence-electron chi connectivity index (χ2n) is 2.38.